The van der Waals surface area contributed by atoms with Crippen LogP contribution in [0.15, 0.2) is 41.3 Å². The molecule has 0 radical (unpaired) electrons. The molecule has 0 unspecified atom stereocenters. The van der Waals surface area contributed by atoms with Crippen LogP contribution in [-0.2, 0) is 0 Å². The van der Waals surface area contributed by atoms with Gasteiger partial charge in [0.25, 0.3) is 5.89 Å². The summed E-state index contributed by atoms with van der Waals surface area (Å²) in [6, 6.07) is 5.62. The molecule has 1 aliphatic rings. The molecule has 0 bridgehead atoms. The van der Waals surface area contributed by atoms with Crippen LogP contribution in [0.2, 0.25) is 0 Å². The van der Waals surface area contributed by atoms with Crippen LogP contribution in [0.1, 0.15) is 19.3 Å². The van der Waals surface area contributed by atoms with Crippen molar-refractivity contribution < 1.29 is 4.52 Å². The molecular formula is C18H17N7O. The number of H-pyrrole nitrogens is 1. The van der Waals surface area contributed by atoms with Crippen molar-refractivity contribution in [2.24, 2.45) is 0 Å². The third kappa shape index (κ3) is 2.59. The molecule has 1 N–H and O–H groups in total. The highest BCUT2D eigenvalue weighted by atomic mass is 16.5. The van der Waals surface area contributed by atoms with Crippen LogP contribution < -0.4 is 4.90 Å². The van der Waals surface area contributed by atoms with E-state index >= 15 is 0 Å². The molecule has 0 aliphatic carbocycles. The largest absolute Gasteiger partial charge is 0.346 e. The van der Waals surface area contributed by atoms with E-state index in [9.17, 15) is 0 Å². The van der Waals surface area contributed by atoms with E-state index in [-0.39, 0.29) is 0 Å². The van der Waals surface area contributed by atoms with Crippen molar-refractivity contribution >= 4 is 17.0 Å². The Hall–Kier alpha value is -3.29. The van der Waals surface area contributed by atoms with Gasteiger partial charge >= 0.3 is 0 Å². The lowest BCUT2D eigenvalue weighted by Gasteiger charge is -2.26. The summed E-state index contributed by atoms with van der Waals surface area (Å²) in [4.78, 5) is 23.1. The van der Waals surface area contributed by atoms with Crippen LogP contribution >= 0.6 is 0 Å². The highest BCUT2D eigenvalue weighted by Crippen LogP contribution is 2.27. The van der Waals surface area contributed by atoms with Crippen molar-refractivity contribution in [3.63, 3.8) is 0 Å². The summed E-state index contributed by atoms with van der Waals surface area (Å²) in [6.07, 6.45) is 8.93. The molecule has 8 nitrogen and oxygen atoms in total. The number of aromatic nitrogens is 6. The van der Waals surface area contributed by atoms with Gasteiger partial charge in [0.1, 0.15) is 11.3 Å². The topological polar surface area (TPSA) is 96.6 Å². The van der Waals surface area contributed by atoms with E-state index in [4.69, 9.17) is 4.52 Å². The number of hydrogen-bond acceptors (Lipinski definition) is 7. The summed E-state index contributed by atoms with van der Waals surface area (Å²) in [5, 5.41) is 5.09. The molecule has 8 heteroatoms. The number of anilines is 1. The van der Waals surface area contributed by atoms with Gasteiger partial charge in [-0.2, -0.15) is 4.98 Å². The first-order valence-corrected chi connectivity index (χ1v) is 8.73. The highest BCUT2D eigenvalue weighted by molar-refractivity contribution is 5.90. The van der Waals surface area contributed by atoms with Crippen molar-refractivity contribution in [1.29, 1.82) is 0 Å². The second kappa shape index (κ2) is 6.21. The van der Waals surface area contributed by atoms with Gasteiger partial charge < -0.3 is 14.4 Å². The number of nitrogens with one attached hydrogen (secondary N) is 1. The molecule has 0 spiro atoms. The summed E-state index contributed by atoms with van der Waals surface area (Å²) in [5.41, 5.74) is 2.30. The minimum absolute atomic E-state index is 0.390. The van der Waals surface area contributed by atoms with Crippen molar-refractivity contribution in [3.8, 4) is 23.0 Å². The zero-order valence-electron chi connectivity index (χ0n) is 14.1. The van der Waals surface area contributed by atoms with E-state index in [1.54, 1.807) is 18.5 Å². The van der Waals surface area contributed by atoms with Gasteiger partial charge in [-0.15, -0.1) is 0 Å². The van der Waals surface area contributed by atoms with Crippen LogP contribution in [0.5, 0.6) is 0 Å². The van der Waals surface area contributed by atoms with Crippen molar-refractivity contribution in [1.82, 2.24) is 30.1 Å². The molecule has 4 aromatic heterocycles. The van der Waals surface area contributed by atoms with Crippen LogP contribution in [0, 0.1) is 0 Å². The highest BCUT2D eigenvalue weighted by Gasteiger charge is 2.18. The first kappa shape index (κ1) is 15.0. The van der Waals surface area contributed by atoms with E-state index in [2.05, 4.69) is 35.0 Å². The van der Waals surface area contributed by atoms with Crippen LogP contribution in [0.25, 0.3) is 34.0 Å². The fraction of sp³-hybridized carbons (Fsp3) is 0.278. The minimum Gasteiger partial charge on any atom is -0.346 e. The molecule has 5 rings (SSSR count). The smallest absolute Gasteiger partial charge is 0.277 e. The van der Waals surface area contributed by atoms with E-state index in [0.29, 0.717) is 17.4 Å². The second-order valence-electron chi connectivity index (χ2n) is 6.31. The molecule has 0 aromatic carbocycles. The van der Waals surface area contributed by atoms with Crippen molar-refractivity contribution in [2.45, 2.75) is 19.3 Å². The molecule has 1 aliphatic heterocycles. The standard InChI is InChI=1S/C18H17N7O/c1-2-10-25(11-3-1)18-21-9-6-14(22-18)17-23-16(24-26-17)13-5-8-20-15-12(13)4-7-19-15/h4-9H,1-3,10-11H2,(H,19,20). The average molecular weight is 347 g/mol. The Morgan fingerprint density at radius 1 is 0.962 bits per heavy atom. The Labute approximate surface area is 149 Å². The molecule has 0 atom stereocenters. The van der Waals surface area contributed by atoms with Crippen molar-refractivity contribution in [2.75, 3.05) is 18.0 Å². The van der Waals surface area contributed by atoms with Gasteiger partial charge in [0.15, 0.2) is 0 Å². The number of nitrogens with zero attached hydrogens (tertiary/aromatic N) is 6. The van der Waals surface area contributed by atoms with Gasteiger partial charge in [-0.05, 0) is 37.5 Å². The summed E-state index contributed by atoms with van der Waals surface area (Å²) in [5.74, 6) is 1.63. The van der Waals surface area contributed by atoms with E-state index < -0.39 is 0 Å². The van der Waals surface area contributed by atoms with Crippen LogP contribution in [0.3, 0.4) is 0 Å². The zero-order valence-corrected chi connectivity index (χ0v) is 14.1. The number of aromatic amines is 1. The first-order valence-electron chi connectivity index (χ1n) is 8.73. The van der Waals surface area contributed by atoms with E-state index in [1.807, 2.05) is 18.3 Å². The third-order valence-electron chi connectivity index (χ3n) is 4.63. The molecule has 4 aromatic rings. The Morgan fingerprint density at radius 2 is 1.85 bits per heavy atom. The maximum atomic E-state index is 5.47. The van der Waals surface area contributed by atoms with Gasteiger partial charge in [0.2, 0.25) is 11.8 Å². The maximum Gasteiger partial charge on any atom is 0.277 e. The lowest BCUT2D eigenvalue weighted by Crippen LogP contribution is -2.30. The minimum atomic E-state index is 0.390. The van der Waals surface area contributed by atoms with Crippen LogP contribution in [0.4, 0.5) is 5.95 Å². The lowest BCUT2D eigenvalue weighted by molar-refractivity contribution is 0.431. The predicted molar refractivity (Wildman–Crippen MR) is 96.5 cm³/mol. The molecule has 1 saturated heterocycles. The Balaban J connectivity index is 1.49. The number of pyridine rings is 1. The van der Waals surface area contributed by atoms with Crippen LogP contribution in [-0.4, -0.2) is 43.2 Å². The molecule has 130 valence electrons. The van der Waals surface area contributed by atoms with Gasteiger partial charge in [-0.1, -0.05) is 5.16 Å². The van der Waals surface area contributed by atoms with E-state index in [1.165, 1.54) is 19.3 Å². The SMILES string of the molecule is c1cc(-c2nc(-c3ccnc4[nH]ccc34)no2)nc(N2CCCCC2)n1. The third-order valence-corrected chi connectivity index (χ3v) is 4.63. The number of hydrogen-bond donors (Lipinski definition) is 1. The Bertz CT molecular complexity index is 1050. The Morgan fingerprint density at radius 3 is 2.77 bits per heavy atom. The molecule has 0 amide bonds. The molecule has 0 saturated carbocycles. The quantitative estimate of drug-likeness (QED) is 0.608. The Kier molecular flexibility index (Phi) is 3.59. The van der Waals surface area contributed by atoms with Gasteiger partial charge in [0.05, 0.1) is 0 Å². The predicted octanol–water partition coefficient (Wildman–Crippen LogP) is 3.06. The normalized spacial score (nSPS) is 14.8. The number of rotatable bonds is 3. The fourth-order valence-corrected chi connectivity index (χ4v) is 3.31. The number of piperidine rings is 1. The molecule has 5 heterocycles. The van der Waals surface area contributed by atoms with Gasteiger partial charge in [0, 0.05) is 42.6 Å². The van der Waals surface area contributed by atoms with E-state index in [0.717, 1.165) is 35.6 Å². The zero-order chi connectivity index (χ0) is 17.3. The first-order chi connectivity index (χ1) is 12.9. The van der Waals surface area contributed by atoms with Gasteiger partial charge in [-0.3, -0.25) is 0 Å². The molecule has 26 heavy (non-hydrogen) atoms. The molecular weight excluding hydrogens is 330 g/mol. The fourth-order valence-electron chi connectivity index (χ4n) is 3.31. The maximum absolute atomic E-state index is 5.47. The van der Waals surface area contributed by atoms with Gasteiger partial charge in [-0.25, -0.2) is 15.0 Å². The number of fused-ring (bicyclic) bond motifs is 1. The second-order valence-corrected chi connectivity index (χ2v) is 6.31. The monoisotopic (exact) mass is 347 g/mol. The summed E-state index contributed by atoms with van der Waals surface area (Å²) in [6.45, 7) is 1.97. The van der Waals surface area contributed by atoms with Crippen molar-refractivity contribution in [3.05, 3.63) is 36.8 Å². The average Bonchev–Trinajstić information content (AvgIpc) is 3.38. The summed E-state index contributed by atoms with van der Waals surface area (Å²) >= 11 is 0. The molecule has 1 fully saturated rings. The lowest BCUT2D eigenvalue weighted by atomic mass is 10.1. The summed E-state index contributed by atoms with van der Waals surface area (Å²) in [7, 11) is 0. The summed E-state index contributed by atoms with van der Waals surface area (Å²) < 4.78 is 5.47.